The van der Waals surface area contributed by atoms with E-state index in [1.807, 2.05) is 0 Å². The number of hydrogen-bond acceptors (Lipinski definition) is 5. The first-order valence-electron chi connectivity index (χ1n) is 5.52. The van der Waals surface area contributed by atoms with Gasteiger partial charge in [0.1, 0.15) is 19.6 Å². The molecule has 0 aliphatic heterocycles. The zero-order chi connectivity index (χ0) is 13.6. The average molecular weight is 250 g/mol. The lowest BCUT2D eigenvalue weighted by Crippen LogP contribution is -2.52. The van der Waals surface area contributed by atoms with Gasteiger partial charge in [-0.1, -0.05) is 9.48 Å². The number of carboxylic acid groups (broad SMARTS) is 1. The van der Waals surface area contributed by atoms with E-state index < -0.39 is 24.1 Å². The molecule has 0 aliphatic carbocycles. The number of hydrogen-bond donors (Lipinski definition) is 3. The van der Waals surface area contributed by atoms with Crippen LogP contribution in [0.15, 0.2) is 0 Å². The van der Waals surface area contributed by atoms with Crippen molar-refractivity contribution in [3.8, 4) is 0 Å². The minimum absolute atomic E-state index is 0.0256. The molecule has 0 aromatic rings. The van der Waals surface area contributed by atoms with Gasteiger partial charge in [0, 0.05) is 0 Å². The van der Waals surface area contributed by atoms with Crippen molar-refractivity contribution in [3.63, 3.8) is 0 Å². The molecule has 0 rings (SSSR count). The third-order valence-electron chi connectivity index (χ3n) is 2.81. The quantitative estimate of drug-likeness (QED) is 0.308. The zero-order valence-electron chi connectivity index (χ0n) is 10.3. The van der Waals surface area contributed by atoms with Crippen molar-refractivity contribution in [2.45, 2.75) is 33.0 Å². The summed E-state index contributed by atoms with van der Waals surface area (Å²) >= 11 is 0. The van der Waals surface area contributed by atoms with E-state index in [0.29, 0.717) is 19.6 Å². The van der Waals surface area contributed by atoms with Gasteiger partial charge in [-0.25, -0.2) is 4.79 Å². The molecule has 99 valence electrons. The molecule has 0 fully saturated rings. The number of rotatable bonds is 7. The smallest absolute Gasteiger partial charge is 0.479 e. The molecule has 7 heteroatoms. The summed E-state index contributed by atoms with van der Waals surface area (Å²) < 4.78 is -0.0256. The molecule has 1 radical (unpaired) electrons. The van der Waals surface area contributed by atoms with E-state index in [1.165, 1.54) is 0 Å². The van der Waals surface area contributed by atoms with E-state index in [1.54, 1.807) is 20.8 Å². The number of carbonyl (C=O) groups is 2. The standard InChI is InChI=1S/C10H19NO6/c1-4-11(5-2,6-3)17-10(16)8(13)7(12)9(14)15/h7-8,12-13H,4-6H2,1-3H3/q+1/p+1/t7-,8-/m1/s1. The highest BCUT2D eigenvalue weighted by Gasteiger charge is 2.47. The third-order valence-corrected chi connectivity index (χ3v) is 2.81. The van der Waals surface area contributed by atoms with Crippen LogP contribution in [0.4, 0.5) is 0 Å². The maximum absolute atomic E-state index is 11.5. The number of aliphatic carboxylic acids is 1. The van der Waals surface area contributed by atoms with Gasteiger partial charge in [0.15, 0.2) is 6.10 Å². The van der Waals surface area contributed by atoms with Crippen LogP contribution in [-0.2, 0) is 14.4 Å². The fourth-order valence-electron chi connectivity index (χ4n) is 1.37. The SMILES string of the molecule is CC[N+](CC)(CC)OC(=[O+])[C@H](O)[C@@H](O)C(=O)O. The van der Waals surface area contributed by atoms with Gasteiger partial charge in [0.25, 0.3) is 6.10 Å². The largest absolute Gasteiger partial charge is 0.669 e. The van der Waals surface area contributed by atoms with Crippen molar-refractivity contribution < 1.29 is 34.4 Å². The summed E-state index contributed by atoms with van der Waals surface area (Å²) in [6, 6.07) is 0. The summed E-state index contributed by atoms with van der Waals surface area (Å²) in [5.41, 5.74) is 0. The number of nitrogens with zero attached hydrogens (tertiary/aromatic N) is 1. The Hall–Kier alpha value is -1.18. The van der Waals surface area contributed by atoms with Crippen molar-refractivity contribution >= 4 is 11.9 Å². The van der Waals surface area contributed by atoms with Gasteiger partial charge in [-0.2, -0.15) is 0 Å². The predicted octanol–water partition coefficient (Wildman–Crippen LogP) is -0.872. The molecule has 7 nitrogen and oxygen atoms in total. The Balaban J connectivity index is 4.67. The molecule has 0 unspecified atom stereocenters. The van der Waals surface area contributed by atoms with Crippen LogP contribution in [0.2, 0.25) is 0 Å². The van der Waals surface area contributed by atoms with Gasteiger partial charge >= 0.3 is 11.9 Å². The highest BCUT2D eigenvalue weighted by molar-refractivity contribution is 5.83. The highest BCUT2D eigenvalue weighted by Crippen LogP contribution is 2.10. The molecule has 0 amide bonds. The fraction of sp³-hybridized carbons (Fsp3) is 0.800. The van der Waals surface area contributed by atoms with Crippen molar-refractivity contribution in [1.29, 1.82) is 0 Å². The molecule has 0 spiro atoms. The van der Waals surface area contributed by atoms with E-state index >= 15 is 0 Å². The number of aliphatic hydroxyl groups is 2. The molecule has 0 saturated heterocycles. The normalized spacial score (nSPS) is 15.1. The monoisotopic (exact) mass is 250 g/mol. The van der Waals surface area contributed by atoms with Crippen LogP contribution in [0, 0.1) is 0 Å². The fourth-order valence-corrected chi connectivity index (χ4v) is 1.37. The van der Waals surface area contributed by atoms with E-state index in [4.69, 9.17) is 15.1 Å². The first-order valence-corrected chi connectivity index (χ1v) is 5.52. The molecule has 0 aromatic heterocycles. The Bertz CT molecular complexity index is 268. The van der Waals surface area contributed by atoms with E-state index in [9.17, 15) is 14.7 Å². The average Bonchev–Trinajstić information content (AvgIpc) is 2.33. The maximum Gasteiger partial charge on any atom is 0.669 e. The Morgan fingerprint density at radius 1 is 1.18 bits per heavy atom. The number of carbonyl (C=O) groups excluding carboxylic acids is 1. The first kappa shape index (κ1) is 15.8. The summed E-state index contributed by atoms with van der Waals surface area (Å²) in [7, 11) is 0. The number of hydroxylamine groups is 3. The van der Waals surface area contributed by atoms with Gasteiger partial charge in [0.2, 0.25) is 0 Å². The summed E-state index contributed by atoms with van der Waals surface area (Å²) in [6.07, 6.45) is -4.25. The minimum atomic E-state index is -2.17. The molecular weight excluding hydrogens is 230 g/mol. The molecule has 0 aromatic carbocycles. The zero-order valence-corrected chi connectivity index (χ0v) is 10.3. The Labute approximate surface area is 99.8 Å². The van der Waals surface area contributed by atoms with E-state index in [-0.39, 0.29) is 4.65 Å². The van der Waals surface area contributed by atoms with Crippen LogP contribution in [0.5, 0.6) is 0 Å². The molecule has 0 aliphatic rings. The summed E-state index contributed by atoms with van der Waals surface area (Å²) in [6.45, 7) is 6.90. The van der Waals surface area contributed by atoms with Crippen LogP contribution < -0.4 is 0 Å². The van der Waals surface area contributed by atoms with E-state index in [0.717, 1.165) is 0 Å². The summed E-state index contributed by atoms with van der Waals surface area (Å²) in [5, 5.41) is 26.8. The van der Waals surface area contributed by atoms with Gasteiger partial charge in [-0.15, -0.1) is 0 Å². The molecule has 17 heavy (non-hydrogen) atoms. The first-order chi connectivity index (χ1) is 7.83. The van der Waals surface area contributed by atoms with Crippen molar-refractivity contribution in [3.05, 3.63) is 0 Å². The lowest BCUT2D eigenvalue weighted by molar-refractivity contribution is -1.09. The number of quaternary nitrogens is 1. The predicted molar refractivity (Wildman–Crippen MR) is 57.6 cm³/mol. The Kier molecular flexibility index (Phi) is 6.08. The van der Waals surface area contributed by atoms with Crippen molar-refractivity contribution in [1.82, 2.24) is 0 Å². The van der Waals surface area contributed by atoms with Crippen LogP contribution in [0.25, 0.3) is 0 Å². The minimum Gasteiger partial charge on any atom is -0.479 e. The molecule has 3 N–H and O–H groups in total. The van der Waals surface area contributed by atoms with Crippen LogP contribution in [0.1, 0.15) is 20.8 Å². The van der Waals surface area contributed by atoms with Crippen molar-refractivity contribution in [2.75, 3.05) is 19.6 Å². The lowest BCUT2D eigenvalue weighted by Gasteiger charge is -2.23. The molecular formula is C10H20NO6+2. The second-order valence-electron chi connectivity index (χ2n) is 3.65. The highest BCUT2D eigenvalue weighted by atomic mass is 16.8. The number of carboxylic acids is 1. The summed E-state index contributed by atoms with van der Waals surface area (Å²) in [5.74, 6) is -2.80. The van der Waals surface area contributed by atoms with Crippen LogP contribution in [0.3, 0.4) is 0 Å². The Morgan fingerprint density at radius 2 is 1.59 bits per heavy atom. The lowest BCUT2D eigenvalue weighted by atomic mass is 10.2. The topological polar surface area (TPSA) is 107 Å². The van der Waals surface area contributed by atoms with Crippen LogP contribution in [-0.4, -0.2) is 63.7 Å². The maximum atomic E-state index is 11.5. The van der Waals surface area contributed by atoms with E-state index in [2.05, 4.69) is 0 Å². The van der Waals surface area contributed by atoms with Crippen molar-refractivity contribution in [2.24, 2.45) is 0 Å². The van der Waals surface area contributed by atoms with Gasteiger partial charge in [0.05, 0.1) is 4.79 Å². The molecule has 0 heterocycles. The molecule has 2 atom stereocenters. The molecule has 0 saturated carbocycles. The Morgan fingerprint density at radius 3 is 1.88 bits per heavy atom. The van der Waals surface area contributed by atoms with Crippen LogP contribution >= 0.6 is 0 Å². The second-order valence-corrected chi connectivity index (χ2v) is 3.65. The van der Waals surface area contributed by atoms with Gasteiger partial charge in [-0.3, -0.25) is 0 Å². The summed E-state index contributed by atoms with van der Waals surface area (Å²) in [4.78, 5) is 26.9. The molecule has 0 bridgehead atoms. The third kappa shape index (κ3) is 3.95. The number of aliphatic hydroxyl groups excluding tert-OH is 2. The van der Waals surface area contributed by atoms with Gasteiger partial charge < -0.3 is 15.3 Å². The second kappa shape index (κ2) is 6.53. The van der Waals surface area contributed by atoms with Gasteiger partial charge in [-0.05, 0) is 20.8 Å².